The average Bonchev–Trinajstić information content (AvgIpc) is 2.39. The monoisotopic (exact) mass is 271 g/mol. The summed E-state index contributed by atoms with van der Waals surface area (Å²) in [5.41, 5.74) is 2.56. The van der Waals surface area contributed by atoms with Gasteiger partial charge in [-0.3, -0.25) is 10.2 Å². The molecule has 0 spiro atoms. The van der Waals surface area contributed by atoms with Crippen molar-refractivity contribution in [1.29, 1.82) is 0 Å². The zero-order chi connectivity index (χ0) is 13.9. The molecule has 2 fully saturated rings. The molecule has 2 rings (SSSR count). The Balaban J connectivity index is 1.72. The van der Waals surface area contributed by atoms with Crippen LogP contribution in [0.4, 0.5) is 0 Å². The molecule has 0 aromatic carbocycles. The molecule has 0 aromatic heterocycles. The van der Waals surface area contributed by atoms with Gasteiger partial charge in [0.25, 0.3) is 0 Å². The number of aliphatic carboxylic acids is 1. The molecule has 6 nitrogen and oxygen atoms in total. The van der Waals surface area contributed by atoms with E-state index in [9.17, 15) is 9.90 Å². The molecule has 0 aromatic rings. The summed E-state index contributed by atoms with van der Waals surface area (Å²) in [4.78, 5) is 13.2. The minimum atomic E-state index is -0.741. The van der Waals surface area contributed by atoms with Crippen molar-refractivity contribution in [2.75, 3.05) is 39.8 Å². The molecule has 0 radical (unpaired) electrons. The van der Waals surface area contributed by atoms with Crippen LogP contribution < -0.4 is 5.43 Å². The Bertz CT molecular complexity index is 308. The highest BCUT2D eigenvalue weighted by molar-refractivity contribution is 5.70. The molecule has 2 aliphatic rings. The zero-order valence-electron chi connectivity index (χ0n) is 11.6. The van der Waals surface area contributed by atoms with Gasteiger partial charge < -0.3 is 15.1 Å². The molecule has 1 aliphatic heterocycles. The summed E-state index contributed by atoms with van der Waals surface area (Å²) in [6, 6.07) is 0. The second-order valence-electron chi connectivity index (χ2n) is 5.96. The fraction of sp³-hybridized carbons (Fsp3) is 0.923. The van der Waals surface area contributed by atoms with Crippen LogP contribution in [0, 0.1) is 5.92 Å². The molecule has 0 unspecified atom stereocenters. The topological polar surface area (TPSA) is 76.0 Å². The summed E-state index contributed by atoms with van der Waals surface area (Å²) in [7, 11) is 2.11. The van der Waals surface area contributed by atoms with E-state index >= 15 is 0 Å². The fourth-order valence-corrected chi connectivity index (χ4v) is 2.80. The molecule has 1 saturated carbocycles. The summed E-state index contributed by atoms with van der Waals surface area (Å²) in [6.45, 7) is 4.52. The Labute approximate surface area is 114 Å². The van der Waals surface area contributed by atoms with Gasteiger partial charge in [0, 0.05) is 32.7 Å². The number of carboxylic acid groups (broad SMARTS) is 1. The lowest BCUT2D eigenvalue weighted by atomic mass is 9.79. The zero-order valence-corrected chi connectivity index (χ0v) is 11.6. The van der Waals surface area contributed by atoms with Crippen molar-refractivity contribution in [2.24, 2.45) is 5.92 Å². The van der Waals surface area contributed by atoms with Crippen LogP contribution in [0.3, 0.4) is 0 Å². The van der Waals surface area contributed by atoms with Crippen molar-refractivity contribution in [1.82, 2.24) is 15.3 Å². The van der Waals surface area contributed by atoms with Gasteiger partial charge in [-0.25, -0.2) is 5.01 Å². The first-order chi connectivity index (χ1) is 8.98. The second kappa shape index (κ2) is 6.17. The molecule has 1 saturated heterocycles. The molecule has 0 bridgehead atoms. The lowest BCUT2D eigenvalue weighted by Crippen LogP contribution is -2.55. The predicted molar refractivity (Wildman–Crippen MR) is 71.6 cm³/mol. The van der Waals surface area contributed by atoms with Crippen LogP contribution in [-0.2, 0) is 4.79 Å². The van der Waals surface area contributed by atoms with E-state index in [0.717, 1.165) is 26.2 Å². The molecule has 0 atom stereocenters. The number of nitrogens with zero attached hydrogens (tertiary/aromatic N) is 2. The standard InChI is InChI=1S/C13H25N3O3/c1-15-6-8-16(9-7-15)14-10-13(19)4-2-11(3-5-13)12(17)18/h11,14,19H,2-10H2,1H3,(H,17,18). The minimum Gasteiger partial charge on any atom is -0.481 e. The molecular weight excluding hydrogens is 246 g/mol. The van der Waals surface area contributed by atoms with Gasteiger partial charge in [-0.2, -0.15) is 0 Å². The highest BCUT2D eigenvalue weighted by Crippen LogP contribution is 2.31. The number of carbonyl (C=O) groups is 1. The highest BCUT2D eigenvalue weighted by atomic mass is 16.4. The number of carboxylic acids is 1. The van der Waals surface area contributed by atoms with Crippen LogP contribution in [0.5, 0.6) is 0 Å². The smallest absolute Gasteiger partial charge is 0.306 e. The molecule has 1 heterocycles. The van der Waals surface area contributed by atoms with Gasteiger partial charge in [0.05, 0.1) is 11.5 Å². The average molecular weight is 271 g/mol. The third kappa shape index (κ3) is 4.14. The largest absolute Gasteiger partial charge is 0.481 e. The van der Waals surface area contributed by atoms with E-state index in [1.807, 2.05) is 0 Å². The van der Waals surface area contributed by atoms with Crippen molar-refractivity contribution < 1.29 is 15.0 Å². The lowest BCUT2D eigenvalue weighted by molar-refractivity contribution is -0.144. The summed E-state index contributed by atoms with van der Waals surface area (Å²) in [5, 5.41) is 21.6. The number of hydrazine groups is 1. The van der Waals surface area contributed by atoms with E-state index in [0.29, 0.717) is 32.2 Å². The van der Waals surface area contributed by atoms with E-state index in [1.165, 1.54) is 0 Å². The molecule has 19 heavy (non-hydrogen) atoms. The van der Waals surface area contributed by atoms with Gasteiger partial charge in [-0.15, -0.1) is 0 Å². The van der Waals surface area contributed by atoms with Crippen molar-refractivity contribution in [3.63, 3.8) is 0 Å². The quantitative estimate of drug-likeness (QED) is 0.654. The highest BCUT2D eigenvalue weighted by Gasteiger charge is 2.36. The van der Waals surface area contributed by atoms with Crippen LogP contribution in [0.2, 0.25) is 0 Å². The third-order valence-electron chi connectivity index (χ3n) is 4.40. The number of hydrogen-bond acceptors (Lipinski definition) is 5. The van der Waals surface area contributed by atoms with Crippen molar-refractivity contribution in [2.45, 2.75) is 31.3 Å². The second-order valence-corrected chi connectivity index (χ2v) is 5.96. The van der Waals surface area contributed by atoms with Crippen molar-refractivity contribution in [3.05, 3.63) is 0 Å². The predicted octanol–water partition coefficient (Wildman–Crippen LogP) is -0.256. The van der Waals surface area contributed by atoms with E-state index in [4.69, 9.17) is 5.11 Å². The summed E-state index contributed by atoms with van der Waals surface area (Å²) < 4.78 is 0. The Kier molecular flexibility index (Phi) is 4.78. The van der Waals surface area contributed by atoms with Gasteiger partial charge in [0.2, 0.25) is 0 Å². The number of likely N-dealkylation sites (N-methyl/N-ethyl adjacent to an activating group) is 1. The molecule has 110 valence electrons. The number of nitrogens with one attached hydrogen (secondary N) is 1. The summed E-state index contributed by atoms with van der Waals surface area (Å²) in [5.74, 6) is -1.00. The Morgan fingerprint density at radius 3 is 2.37 bits per heavy atom. The van der Waals surface area contributed by atoms with Crippen LogP contribution >= 0.6 is 0 Å². The van der Waals surface area contributed by atoms with E-state index in [2.05, 4.69) is 22.4 Å². The number of hydrogen-bond donors (Lipinski definition) is 3. The normalized spacial score (nSPS) is 34.3. The van der Waals surface area contributed by atoms with Crippen LogP contribution in [0.1, 0.15) is 25.7 Å². The first kappa shape index (κ1) is 14.7. The lowest BCUT2D eigenvalue weighted by Gasteiger charge is -2.38. The van der Waals surface area contributed by atoms with E-state index in [-0.39, 0.29) is 5.92 Å². The number of aliphatic hydroxyl groups is 1. The molecule has 0 amide bonds. The summed E-state index contributed by atoms with van der Waals surface area (Å²) >= 11 is 0. The molecule has 1 aliphatic carbocycles. The van der Waals surface area contributed by atoms with Crippen molar-refractivity contribution >= 4 is 5.97 Å². The maximum Gasteiger partial charge on any atom is 0.306 e. The van der Waals surface area contributed by atoms with Crippen molar-refractivity contribution in [3.8, 4) is 0 Å². The Morgan fingerprint density at radius 2 is 1.84 bits per heavy atom. The molecular formula is C13H25N3O3. The van der Waals surface area contributed by atoms with Gasteiger partial charge in [0.15, 0.2) is 0 Å². The van der Waals surface area contributed by atoms with Gasteiger partial charge in [0.1, 0.15) is 0 Å². The van der Waals surface area contributed by atoms with E-state index in [1.54, 1.807) is 0 Å². The molecule has 3 N–H and O–H groups in total. The number of rotatable bonds is 4. The fourth-order valence-electron chi connectivity index (χ4n) is 2.80. The Hall–Kier alpha value is -0.690. The number of piperazine rings is 1. The van der Waals surface area contributed by atoms with Crippen LogP contribution in [-0.4, -0.2) is 71.5 Å². The van der Waals surface area contributed by atoms with E-state index < -0.39 is 11.6 Å². The van der Waals surface area contributed by atoms with Gasteiger partial charge >= 0.3 is 5.97 Å². The maximum atomic E-state index is 10.9. The third-order valence-corrected chi connectivity index (χ3v) is 4.40. The Morgan fingerprint density at radius 1 is 1.26 bits per heavy atom. The maximum absolute atomic E-state index is 10.9. The van der Waals surface area contributed by atoms with Crippen LogP contribution in [0.15, 0.2) is 0 Å². The van der Waals surface area contributed by atoms with Gasteiger partial charge in [-0.1, -0.05) is 0 Å². The first-order valence-electron chi connectivity index (χ1n) is 7.11. The SMILES string of the molecule is CN1CCN(NCC2(O)CCC(C(=O)O)CC2)CC1. The summed E-state index contributed by atoms with van der Waals surface area (Å²) in [6.07, 6.45) is 2.31. The molecule has 6 heteroatoms. The van der Waals surface area contributed by atoms with Crippen LogP contribution in [0.25, 0.3) is 0 Å². The van der Waals surface area contributed by atoms with Gasteiger partial charge in [-0.05, 0) is 32.7 Å². The minimum absolute atomic E-state index is 0.274. The first-order valence-corrected chi connectivity index (χ1v) is 7.11.